The van der Waals surface area contributed by atoms with Gasteiger partial charge in [-0.3, -0.25) is 0 Å². The Balaban J connectivity index is 2.33. The van der Waals surface area contributed by atoms with Crippen molar-refractivity contribution in [1.82, 2.24) is 4.90 Å². The van der Waals surface area contributed by atoms with E-state index in [-0.39, 0.29) is 24.5 Å². The Bertz CT molecular complexity index is 620. The lowest BCUT2D eigenvalue weighted by Gasteiger charge is -2.32. The SMILES string of the molecule is CCCN(C(=O)OC(C)(C)C)[C@H]1CCc2c(C(=N)CO)cccc21. The number of nitrogens with zero attached hydrogens (tertiary/aromatic N) is 1. The maximum atomic E-state index is 12.6. The average molecular weight is 332 g/mol. The third kappa shape index (κ3) is 3.96. The molecule has 0 fully saturated rings. The van der Waals surface area contributed by atoms with Gasteiger partial charge in [-0.05, 0) is 51.2 Å². The van der Waals surface area contributed by atoms with E-state index in [1.54, 1.807) is 0 Å². The van der Waals surface area contributed by atoms with E-state index in [2.05, 4.69) is 0 Å². The third-order valence-electron chi connectivity index (χ3n) is 4.19. The number of carbonyl (C=O) groups excluding carboxylic acids is 1. The minimum atomic E-state index is -0.522. The van der Waals surface area contributed by atoms with Gasteiger partial charge in [0.15, 0.2) is 0 Å². The van der Waals surface area contributed by atoms with Crippen LogP contribution in [-0.2, 0) is 11.2 Å². The van der Waals surface area contributed by atoms with Crippen LogP contribution in [0.15, 0.2) is 18.2 Å². The molecule has 2 rings (SSSR count). The summed E-state index contributed by atoms with van der Waals surface area (Å²) in [6.07, 6.45) is 2.20. The van der Waals surface area contributed by atoms with E-state index in [1.165, 1.54) is 0 Å². The second-order valence-electron chi connectivity index (χ2n) is 7.24. The predicted octanol–water partition coefficient (Wildman–Crippen LogP) is 3.68. The first kappa shape index (κ1) is 18.5. The van der Waals surface area contributed by atoms with Crippen LogP contribution in [-0.4, -0.2) is 40.6 Å². The number of carbonyl (C=O) groups is 1. The van der Waals surface area contributed by atoms with Gasteiger partial charge in [-0.2, -0.15) is 0 Å². The molecule has 0 bridgehead atoms. The lowest BCUT2D eigenvalue weighted by molar-refractivity contribution is 0.0158. The Morgan fingerprint density at radius 2 is 2.12 bits per heavy atom. The molecule has 0 saturated heterocycles. The average Bonchev–Trinajstić information content (AvgIpc) is 2.93. The number of rotatable bonds is 5. The highest BCUT2D eigenvalue weighted by Crippen LogP contribution is 2.38. The summed E-state index contributed by atoms with van der Waals surface area (Å²) < 4.78 is 5.58. The van der Waals surface area contributed by atoms with Crippen molar-refractivity contribution in [1.29, 1.82) is 5.41 Å². The zero-order chi connectivity index (χ0) is 17.9. The molecule has 132 valence electrons. The molecule has 1 atom stereocenters. The quantitative estimate of drug-likeness (QED) is 0.808. The molecule has 1 aromatic carbocycles. The number of ether oxygens (including phenoxy) is 1. The molecule has 0 spiro atoms. The predicted molar refractivity (Wildman–Crippen MR) is 94.6 cm³/mol. The first-order valence-corrected chi connectivity index (χ1v) is 8.58. The lowest BCUT2D eigenvalue weighted by atomic mass is 9.98. The number of amides is 1. The lowest BCUT2D eigenvalue weighted by Crippen LogP contribution is -2.39. The summed E-state index contributed by atoms with van der Waals surface area (Å²) in [5.74, 6) is 0. The highest BCUT2D eigenvalue weighted by molar-refractivity contribution is 6.00. The summed E-state index contributed by atoms with van der Waals surface area (Å²) in [5, 5.41) is 17.2. The van der Waals surface area contributed by atoms with Crippen molar-refractivity contribution in [3.05, 3.63) is 34.9 Å². The fourth-order valence-corrected chi connectivity index (χ4v) is 3.26. The number of fused-ring (bicyclic) bond motifs is 1. The molecule has 0 radical (unpaired) electrons. The monoisotopic (exact) mass is 332 g/mol. The van der Waals surface area contributed by atoms with Crippen LogP contribution in [0.2, 0.25) is 0 Å². The minimum absolute atomic E-state index is 0.0266. The number of benzene rings is 1. The van der Waals surface area contributed by atoms with Gasteiger partial charge in [0, 0.05) is 12.1 Å². The van der Waals surface area contributed by atoms with Gasteiger partial charge in [-0.1, -0.05) is 25.1 Å². The number of aliphatic hydroxyl groups is 1. The summed E-state index contributed by atoms with van der Waals surface area (Å²) in [4.78, 5) is 14.5. The van der Waals surface area contributed by atoms with Gasteiger partial charge in [0.25, 0.3) is 0 Å². The van der Waals surface area contributed by atoms with E-state index in [1.807, 2.05) is 50.8 Å². The molecule has 1 aliphatic carbocycles. The zero-order valence-corrected chi connectivity index (χ0v) is 15.1. The van der Waals surface area contributed by atoms with Gasteiger partial charge in [0.2, 0.25) is 0 Å². The molecule has 24 heavy (non-hydrogen) atoms. The van der Waals surface area contributed by atoms with Gasteiger partial charge < -0.3 is 20.2 Å². The smallest absolute Gasteiger partial charge is 0.410 e. The summed E-state index contributed by atoms with van der Waals surface area (Å²) in [5.41, 5.74) is 2.65. The van der Waals surface area contributed by atoms with Crippen LogP contribution in [0.3, 0.4) is 0 Å². The molecule has 0 aromatic heterocycles. The summed E-state index contributed by atoms with van der Waals surface area (Å²) in [6, 6.07) is 5.77. The van der Waals surface area contributed by atoms with E-state index in [0.717, 1.165) is 36.0 Å². The molecule has 0 unspecified atom stereocenters. The summed E-state index contributed by atoms with van der Waals surface area (Å²) in [7, 11) is 0. The molecular weight excluding hydrogens is 304 g/mol. The Morgan fingerprint density at radius 1 is 1.42 bits per heavy atom. The van der Waals surface area contributed by atoms with Gasteiger partial charge in [0.05, 0.1) is 18.4 Å². The third-order valence-corrected chi connectivity index (χ3v) is 4.19. The standard InChI is InChI=1S/C19H28N2O3/c1-5-11-21(18(23)24-19(2,3)4)17-10-9-13-14(16(20)12-22)7-6-8-15(13)17/h6-8,17,20,22H,5,9-12H2,1-4H3/t17-/m0/s1. The van der Waals surface area contributed by atoms with Gasteiger partial charge >= 0.3 is 6.09 Å². The van der Waals surface area contributed by atoms with Crippen molar-refractivity contribution in [2.24, 2.45) is 0 Å². The number of hydrogen-bond acceptors (Lipinski definition) is 4. The van der Waals surface area contributed by atoms with Crippen molar-refractivity contribution >= 4 is 11.8 Å². The van der Waals surface area contributed by atoms with Crippen LogP contribution in [0.5, 0.6) is 0 Å². The fourth-order valence-electron chi connectivity index (χ4n) is 3.26. The Labute approximate surface area is 144 Å². The molecule has 5 nitrogen and oxygen atoms in total. The molecule has 1 amide bonds. The Kier molecular flexibility index (Phi) is 5.65. The highest BCUT2D eigenvalue weighted by atomic mass is 16.6. The van der Waals surface area contributed by atoms with E-state index >= 15 is 0 Å². The molecule has 0 heterocycles. The van der Waals surface area contributed by atoms with Crippen LogP contribution in [0.4, 0.5) is 4.79 Å². The number of aliphatic hydroxyl groups excluding tert-OH is 1. The highest BCUT2D eigenvalue weighted by Gasteiger charge is 2.34. The maximum absolute atomic E-state index is 12.6. The molecule has 5 heteroatoms. The Hall–Kier alpha value is -1.88. The van der Waals surface area contributed by atoms with Gasteiger partial charge in [0.1, 0.15) is 5.60 Å². The summed E-state index contributed by atoms with van der Waals surface area (Å²) >= 11 is 0. The summed E-state index contributed by atoms with van der Waals surface area (Å²) in [6.45, 7) is 8.03. The second-order valence-corrected chi connectivity index (χ2v) is 7.24. The van der Waals surface area contributed by atoms with Crippen molar-refractivity contribution in [3.63, 3.8) is 0 Å². The van der Waals surface area contributed by atoms with Crippen molar-refractivity contribution < 1.29 is 14.6 Å². The van der Waals surface area contributed by atoms with Crippen molar-refractivity contribution in [2.45, 2.75) is 58.6 Å². The maximum Gasteiger partial charge on any atom is 0.410 e. The molecule has 1 aliphatic rings. The van der Waals surface area contributed by atoms with E-state index in [4.69, 9.17) is 10.1 Å². The number of hydrogen-bond donors (Lipinski definition) is 2. The first-order chi connectivity index (χ1) is 11.3. The first-order valence-electron chi connectivity index (χ1n) is 8.58. The second kappa shape index (κ2) is 7.34. The van der Waals surface area contributed by atoms with Crippen LogP contribution < -0.4 is 0 Å². The molecule has 1 aromatic rings. The molecule has 0 saturated carbocycles. The molecular formula is C19H28N2O3. The van der Waals surface area contributed by atoms with Gasteiger partial charge in [-0.25, -0.2) is 4.79 Å². The zero-order valence-electron chi connectivity index (χ0n) is 15.1. The molecule has 0 aliphatic heterocycles. The van der Waals surface area contributed by atoms with E-state index in [0.29, 0.717) is 6.54 Å². The Morgan fingerprint density at radius 3 is 2.71 bits per heavy atom. The largest absolute Gasteiger partial charge is 0.444 e. The fraction of sp³-hybridized carbons (Fsp3) is 0.579. The van der Waals surface area contributed by atoms with Crippen LogP contribution in [0, 0.1) is 5.41 Å². The minimum Gasteiger partial charge on any atom is -0.444 e. The van der Waals surface area contributed by atoms with Gasteiger partial charge in [-0.15, -0.1) is 0 Å². The van der Waals surface area contributed by atoms with Crippen LogP contribution >= 0.6 is 0 Å². The van der Waals surface area contributed by atoms with E-state index < -0.39 is 5.60 Å². The molecule has 2 N–H and O–H groups in total. The topological polar surface area (TPSA) is 73.6 Å². The number of nitrogens with one attached hydrogen (secondary N) is 1. The van der Waals surface area contributed by atoms with E-state index in [9.17, 15) is 9.90 Å². The van der Waals surface area contributed by atoms with Crippen LogP contribution in [0.25, 0.3) is 0 Å². The van der Waals surface area contributed by atoms with Crippen LogP contribution in [0.1, 0.15) is 63.3 Å². The van der Waals surface area contributed by atoms with Crippen molar-refractivity contribution in [3.8, 4) is 0 Å². The normalized spacial score (nSPS) is 16.6. The van der Waals surface area contributed by atoms with Crippen molar-refractivity contribution in [2.75, 3.05) is 13.2 Å².